The summed E-state index contributed by atoms with van der Waals surface area (Å²) in [4.78, 5) is 12.3. The van der Waals surface area contributed by atoms with Crippen LogP contribution >= 0.6 is 23.1 Å². The van der Waals surface area contributed by atoms with Gasteiger partial charge in [-0.1, -0.05) is 58.1 Å². The third kappa shape index (κ3) is 3.82. The molecule has 0 aliphatic carbocycles. The minimum Gasteiger partial charge on any atom is -0.361 e. The number of aryl methyl sites for hydroxylation is 3. The molecule has 24 heavy (non-hydrogen) atoms. The molecule has 2 aromatic heterocycles. The minimum absolute atomic E-state index is 0.280. The molecule has 0 atom stereocenters. The van der Waals surface area contributed by atoms with Crippen molar-refractivity contribution in [1.82, 2.24) is 15.4 Å². The fourth-order valence-electron chi connectivity index (χ4n) is 2.11. The number of aromatic nitrogens is 3. The summed E-state index contributed by atoms with van der Waals surface area (Å²) in [6.07, 6.45) is 0. The SMILES string of the molecule is Cc1ccc(CSc2nnc(NC(=O)c3c(C)noc3C)s2)cc1. The standard InChI is InChI=1S/C16H16N4O2S2/c1-9-4-6-12(7-5-9)8-23-16-19-18-15(24-16)17-14(21)13-10(2)20-22-11(13)3/h4-7H,8H2,1-3H3,(H,17,18,21). The van der Waals surface area contributed by atoms with E-state index in [1.807, 2.05) is 0 Å². The number of benzene rings is 1. The Morgan fingerprint density at radius 2 is 1.96 bits per heavy atom. The van der Waals surface area contributed by atoms with E-state index in [2.05, 4.69) is 51.9 Å². The number of hydrogen-bond donors (Lipinski definition) is 1. The average molecular weight is 360 g/mol. The molecule has 3 aromatic rings. The average Bonchev–Trinajstić information content (AvgIpc) is 3.13. The van der Waals surface area contributed by atoms with Gasteiger partial charge in [-0.05, 0) is 26.3 Å². The van der Waals surface area contributed by atoms with E-state index in [9.17, 15) is 4.79 Å². The van der Waals surface area contributed by atoms with E-state index in [1.54, 1.807) is 25.6 Å². The van der Waals surface area contributed by atoms with Gasteiger partial charge in [0.05, 0.1) is 5.69 Å². The molecule has 0 unspecified atom stereocenters. The number of anilines is 1. The van der Waals surface area contributed by atoms with Gasteiger partial charge < -0.3 is 4.52 Å². The maximum atomic E-state index is 12.3. The Balaban J connectivity index is 1.61. The molecule has 1 aromatic carbocycles. The molecule has 3 rings (SSSR count). The zero-order chi connectivity index (χ0) is 17.1. The second kappa shape index (κ2) is 7.14. The number of hydrogen-bond acceptors (Lipinski definition) is 7. The highest BCUT2D eigenvalue weighted by Crippen LogP contribution is 2.28. The number of carbonyl (C=O) groups excluding carboxylic acids is 1. The molecular weight excluding hydrogens is 344 g/mol. The summed E-state index contributed by atoms with van der Waals surface area (Å²) in [5.74, 6) is 1.02. The number of amides is 1. The Kier molecular flexibility index (Phi) is 4.96. The number of nitrogens with one attached hydrogen (secondary N) is 1. The maximum Gasteiger partial charge on any atom is 0.263 e. The fourth-order valence-corrected chi connectivity index (χ4v) is 3.82. The summed E-state index contributed by atoms with van der Waals surface area (Å²) < 4.78 is 5.82. The van der Waals surface area contributed by atoms with Gasteiger partial charge in [-0.25, -0.2) is 0 Å². The third-order valence-electron chi connectivity index (χ3n) is 3.37. The van der Waals surface area contributed by atoms with Crippen molar-refractivity contribution in [3.8, 4) is 0 Å². The summed E-state index contributed by atoms with van der Waals surface area (Å²) in [5.41, 5.74) is 3.47. The van der Waals surface area contributed by atoms with Gasteiger partial charge in [-0.3, -0.25) is 10.1 Å². The molecule has 0 spiro atoms. The molecular formula is C16H16N4O2S2. The molecule has 1 amide bonds. The van der Waals surface area contributed by atoms with Crippen LogP contribution in [0.25, 0.3) is 0 Å². The van der Waals surface area contributed by atoms with Crippen LogP contribution in [0, 0.1) is 20.8 Å². The van der Waals surface area contributed by atoms with E-state index in [1.165, 1.54) is 22.5 Å². The third-order valence-corrected chi connectivity index (χ3v) is 5.41. The summed E-state index contributed by atoms with van der Waals surface area (Å²) in [6, 6.07) is 8.38. The highest BCUT2D eigenvalue weighted by atomic mass is 32.2. The molecule has 0 fully saturated rings. The van der Waals surface area contributed by atoms with Crippen molar-refractivity contribution in [3.05, 3.63) is 52.4 Å². The van der Waals surface area contributed by atoms with Crippen LogP contribution in [0.15, 0.2) is 33.1 Å². The zero-order valence-corrected chi connectivity index (χ0v) is 15.1. The largest absolute Gasteiger partial charge is 0.361 e. The van der Waals surface area contributed by atoms with Gasteiger partial charge in [0.2, 0.25) is 5.13 Å². The first-order valence-corrected chi connectivity index (χ1v) is 9.09. The quantitative estimate of drug-likeness (QED) is 0.547. The topological polar surface area (TPSA) is 80.9 Å². The van der Waals surface area contributed by atoms with Crippen LogP contribution in [0.3, 0.4) is 0 Å². The van der Waals surface area contributed by atoms with Gasteiger partial charge in [-0.15, -0.1) is 10.2 Å². The van der Waals surface area contributed by atoms with Crippen LogP contribution in [0.4, 0.5) is 5.13 Å². The van der Waals surface area contributed by atoms with Crippen LogP contribution in [0.1, 0.15) is 32.9 Å². The van der Waals surface area contributed by atoms with Crippen LogP contribution in [-0.4, -0.2) is 21.3 Å². The van der Waals surface area contributed by atoms with Crippen LogP contribution < -0.4 is 5.32 Å². The first kappa shape index (κ1) is 16.7. The molecule has 2 heterocycles. The molecule has 6 nitrogen and oxygen atoms in total. The van der Waals surface area contributed by atoms with Crippen molar-refractivity contribution in [2.24, 2.45) is 0 Å². The lowest BCUT2D eigenvalue weighted by Crippen LogP contribution is -2.13. The second-order valence-corrected chi connectivity index (χ2v) is 7.50. The predicted molar refractivity (Wildman–Crippen MR) is 94.6 cm³/mol. The summed E-state index contributed by atoms with van der Waals surface area (Å²) in [7, 11) is 0. The van der Waals surface area contributed by atoms with E-state index in [-0.39, 0.29) is 5.91 Å². The van der Waals surface area contributed by atoms with E-state index >= 15 is 0 Å². The van der Waals surface area contributed by atoms with Gasteiger partial charge in [-0.2, -0.15) is 0 Å². The molecule has 8 heteroatoms. The lowest BCUT2D eigenvalue weighted by atomic mass is 10.2. The highest BCUT2D eigenvalue weighted by Gasteiger charge is 2.19. The molecule has 0 aliphatic heterocycles. The minimum atomic E-state index is -0.280. The van der Waals surface area contributed by atoms with Gasteiger partial charge in [0.25, 0.3) is 5.91 Å². The number of nitrogens with zero attached hydrogens (tertiary/aromatic N) is 3. The number of rotatable bonds is 5. The second-order valence-electron chi connectivity index (χ2n) is 5.30. The van der Waals surface area contributed by atoms with Gasteiger partial charge in [0.15, 0.2) is 4.34 Å². The van der Waals surface area contributed by atoms with Crippen molar-refractivity contribution >= 4 is 34.1 Å². The van der Waals surface area contributed by atoms with Crippen LogP contribution in [0.5, 0.6) is 0 Å². The van der Waals surface area contributed by atoms with Crippen molar-refractivity contribution in [3.63, 3.8) is 0 Å². The Labute approximate surface area is 147 Å². The molecule has 0 saturated carbocycles. The van der Waals surface area contributed by atoms with Gasteiger partial charge >= 0.3 is 0 Å². The summed E-state index contributed by atoms with van der Waals surface area (Å²) >= 11 is 2.94. The van der Waals surface area contributed by atoms with E-state index in [4.69, 9.17) is 4.52 Å². The Morgan fingerprint density at radius 3 is 2.62 bits per heavy atom. The first-order valence-electron chi connectivity index (χ1n) is 7.29. The Morgan fingerprint density at radius 1 is 1.21 bits per heavy atom. The number of carbonyl (C=O) groups is 1. The summed E-state index contributed by atoms with van der Waals surface area (Å²) in [5, 5.41) is 15.1. The Hall–Kier alpha value is -2.19. The van der Waals surface area contributed by atoms with Crippen LogP contribution in [-0.2, 0) is 5.75 Å². The normalized spacial score (nSPS) is 10.8. The fraction of sp³-hybridized carbons (Fsp3) is 0.250. The van der Waals surface area contributed by atoms with E-state index in [0.717, 1.165) is 10.1 Å². The van der Waals surface area contributed by atoms with Crippen molar-refractivity contribution in [2.75, 3.05) is 5.32 Å². The molecule has 1 N–H and O–H groups in total. The lowest BCUT2D eigenvalue weighted by molar-refractivity contribution is 0.102. The zero-order valence-electron chi connectivity index (χ0n) is 13.5. The molecule has 0 aliphatic rings. The lowest BCUT2D eigenvalue weighted by Gasteiger charge is -2.00. The van der Waals surface area contributed by atoms with E-state index < -0.39 is 0 Å². The number of thioether (sulfide) groups is 1. The van der Waals surface area contributed by atoms with Gasteiger partial charge in [0, 0.05) is 5.75 Å². The first-order chi connectivity index (χ1) is 11.5. The van der Waals surface area contributed by atoms with E-state index in [0.29, 0.717) is 22.1 Å². The maximum absolute atomic E-state index is 12.3. The molecule has 124 valence electrons. The monoisotopic (exact) mass is 360 g/mol. The summed E-state index contributed by atoms with van der Waals surface area (Å²) in [6.45, 7) is 5.50. The van der Waals surface area contributed by atoms with Gasteiger partial charge in [0.1, 0.15) is 11.3 Å². The predicted octanol–water partition coefficient (Wildman–Crippen LogP) is 4.00. The molecule has 0 bridgehead atoms. The van der Waals surface area contributed by atoms with Crippen molar-refractivity contribution in [1.29, 1.82) is 0 Å². The smallest absolute Gasteiger partial charge is 0.263 e. The highest BCUT2D eigenvalue weighted by molar-refractivity contribution is 8.00. The Bertz CT molecular complexity index is 836. The van der Waals surface area contributed by atoms with Crippen LogP contribution in [0.2, 0.25) is 0 Å². The van der Waals surface area contributed by atoms with Crippen molar-refractivity contribution in [2.45, 2.75) is 30.9 Å². The molecule has 0 saturated heterocycles. The molecule has 0 radical (unpaired) electrons. The van der Waals surface area contributed by atoms with Crippen molar-refractivity contribution < 1.29 is 9.32 Å².